The summed E-state index contributed by atoms with van der Waals surface area (Å²) in [5, 5.41) is 39.2. The summed E-state index contributed by atoms with van der Waals surface area (Å²) in [6, 6.07) is 5.72. The van der Waals surface area contributed by atoms with Crippen LogP contribution in [0.2, 0.25) is 0 Å². The summed E-state index contributed by atoms with van der Waals surface area (Å²) < 4.78 is 59.5. The normalized spacial score (nSPS) is 10.8. The van der Waals surface area contributed by atoms with Crippen molar-refractivity contribution < 1.29 is 73.0 Å². The van der Waals surface area contributed by atoms with Crippen molar-refractivity contribution in [2.24, 2.45) is 0 Å². The van der Waals surface area contributed by atoms with Crippen molar-refractivity contribution in [1.29, 1.82) is 0 Å². The number of benzene rings is 2. The van der Waals surface area contributed by atoms with Crippen molar-refractivity contribution in [2.75, 3.05) is 0 Å². The fraction of sp³-hybridized carbons (Fsp3) is 0. The van der Waals surface area contributed by atoms with Crippen molar-refractivity contribution in [3.63, 3.8) is 0 Å². The van der Waals surface area contributed by atoms with Gasteiger partial charge in [0.15, 0.2) is 0 Å². The first kappa shape index (κ1) is 26.3. The van der Waals surface area contributed by atoms with Crippen LogP contribution in [0.3, 0.4) is 0 Å². The van der Waals surface area contributed by atoms with Gasteiger partial charge in [-0.05, 0) is 24.3 Å². The molecule has 0 unspecified atom stereocenters. The minimum atomic E-state index is -4.67. The van der Waals surface area contributed by atoms with E-state index in [1.165, 1.54) is 0 Å². The van der Waals surface area contributed by atoms with Gasteiger partial charge in [-0.25, -0.2) is 9.59 Å². The Balaban J connectivity index is 0.000000523. The second-order valence-electron chi connectivity index (χ2n) is 4.83. The van der Waals surface area contributed by atoms with Crippen LogP contribution in [0.4, 0.5) is 0 Å². The molecule has 2 aromatic rings. The molecule has 0 aliphatic carbocycles. The summed E-state index contributed by atoms with van der Waals surface area (Å²) >= 11 is 0. The maximum Gasteiger partial charge on any atom is 2.00 e. The number of carboxylic acids is 2. The molecular formula is C14H10FeO12S2. The molecule has 0 heterocycles. The predicted molar refractivity (Wildman–Crippen MR) is 85.3 cm³/mol. The van der Waals surface area contributed by atoms with E-state index in [9.17, 15) is 36.6 Å². The van der Waals surface area contributed by atoms with Gasteiger partial charge in [0.1, 0.15) is 0 Å². The van der Waals surface area contributed by atoms with Crippen molar-refractivity contribution in [3.8, 4) is 11.5 Å². The Hall–Kier alpha value is -2.68. The smallest absolute Gasteiger partial charge is 0.871 e. The number of carboxylic acid groups (broad SMARTS) is 2. The average molecular weight is 490 g/mol. The molecule has 0 bridgehead atoms. The molecule has 0 aliphatic rings. The van der Waals surface area contributed by atoms with E-state index in [2.05, 4.69) is 0 Å². The summed E-state index contributed by atoms with van der Waals surface area (Å²) in [7, 11) is -9.33. The third-order valence-electron chi connectivity index (χ3n) is 2.97. The van der Waals surface area contributed by atoms with Crippen molar-refractivity contribution >= 4 is 32.2 Å². The molecule has 0 aliphatic heterocycles. The third kappa shape index (κ3) is 6.70. The van der Waals surface area contributed by atoms with Gasteiger partial charge < -0.3 is 20.4 Å². The molecule has 2 aromatic carbocycles. The molecule has 4 N–H and O–H groups in total. The van der Waals surface area contributed by atoms with Gasteiger partial charge in [0.25, 0.3) is 20.2 Å². The van der Waals surface area contributed by atoms with Gasteiger partial charge in [-0.15, -0.1) is 0 Å². The first-order valence-electron chi connectivity index (χ1n) is 6.69. The number of hydrogen-bond acceptors (Lipinski definition) is 8. The fourth-order valence-corrected chi connectivity index (χ4v) is 2.96. The molecule has 158 valence electrons. The molecule has 2 rings (SSSR count). The number of aromatic carboxylic acids is 2. The molecule has 12 nitrogen and oxygen atoms in total. The number of rotatable bonds is 4. The maximum absolute atomic E-state index is 11.1. The van der Waals surface area contributed by atoms with Crippen molar-refractivity contribution in [2.45, 2.75) is 9.79 Å². The summed E-state index contributed by atoms with van der Waals surface area (Å²) in [6.07, 6.45) is 0. The van der Waals surface area contributed by atoms with Gasteiger partial charge in [-0.3, -0.25) is 9.11 Å². The Kier molecular flexibility index (Phi) is 8.79. The van der Waals surface area contributed by atoms with Crippen LogP contribution in [0.25, 0.3) is 0 Å². The zero-order valence-electron chi connectivity index (χ0n) is 13.7. The van der Waals surface area contributed by atoms with Gasteiger partial charge >= 0.3 is 29.0 Å². The molecule has 0 atom stereocenters. The largest absolute Gasteiger partial charge is 2.00 e. The van der Waals surface area contributed by atoms with E-state index >= 15 is 0 Å². The van der Waals surface area contributed by atoms with Crippen molar-refractivity contribution in [1.82, 2.24) is 0 Å². The number of carbonyl (C=O) groups is 2. The fourth-order valence-electron chi connectivity index (χ4n) is 1.77. The quantitative estimate of drug-likeness (QED) is 0.311. The molecule has 0 saturated heterocycles. The van der Waals surface area contributed by atoms with E-state index in [0.717, 1.165) is 36.4 Å². The van der Waals surface area contributed by atoms with E-state index in [0.29, 0.717) is 0 Å². The predicted octanol–water partition coefficient (Wildman–Crippen LogP) is -0.592. The first-order chi connectivity index (χ1) is 12.7. The summed E-state index contributed by atoms with van der Waals surface area (Å²) in [6.45, 7) is 0. The first-order valence-corrected chi connectivity index (χ1v) is 9.57. The molecule has 0 radical (unpaired) electrons. The zero-order chi connectivity index (χ0) is 21.9. The summed E-state index contributed by atoms with van der Waals surface area (Å²) in [5.41, 5.74) is -1.39. The van der Waals surface area contributed by atoms with Gasteiger partial charge in [0.2, 0.25) is 0 Å². The van der Waals surface area contributed by atoms with Crippen LogP contribution in [0.5, 0.6) is 11.5 Å². The SMILES string of the molecule is O=C(O)c1cccc(S(=O)(=O)O)c1[O-].O=C(O)c1cccc(S(=O)(=O)O)c1[O-].[Fe+2]. The molecule has 0 spiro atoms. The second kappa shape index (κ2) is 9.69. The Labute approximate surface area is 174 Å². The van der Waals surface area contributed by atoms with E-state index < -0.39 is 64.6 Å². The number of para-hydroxylation sites is 2. The van der Waals surface area contributed by atoms with Crippen LogP contribution >= 0.6 is 0 Å². The van der Waals surface area contributed by atoms with E-state index in [-0.39, 0.29) is 17.1 Å². The van der Waals surface area contributed by atoms with Crippen LogP contribution < -0.4 is 10.2 Å². The van der Waals surface area contributed by atoms with Gasteiger partial charge in [0, 0.05) is 0 Å². The standard InChI is InChI=1S/2C7H6O6S.Fe/c2*8-6-4(7(9)10)2-1-3-5(6)14(11,12)13;/h2*1-3,8H,(H,9,10)(H,11,12,13);/q;;+2/p-2. The van der Waals surface area contributed by atoms with Crippen molar-refractivity contribution in [3.05, 3.63) is 47.5 Å². The van der Waals surface area contributed by atoms with Crippen LogP contribution in [0, 0.1) is 0 Å². The third-order valence-corrected chi connectivity index (χ3v) is 4.73. The van der Waals surface area contributed by atoms with Gasteiger partial charge in [-0.1, -0.05) is 23.6 Å². The second-order valence-corrected chi connectivity index (χ2v) is 7.61. The molecule has 0 aromatic heterocycles. The molecule has 29 heavy (non-hydrogen) atoms. The minimum Gasteiger partial charge on any atom is -0.871 e. The van der Waals surface area contributed by atoms with Crippen LogP contribution in [-0.4, -0.2) is 48.1 Å². The Morgan fingerprint density at radius 1 is 0.690 bits per heavy atom. The minimum absolute atomic E-state index is 0. The van der Waals surface area contributed by atoms with Gasteiger partial charge in [0.05, 0.1) is 20.9 Å². The van der Waals surface area contributed by atoms with E-state index in [4.69, 9.17) is 19.3 Å². The zero-order valence-corrected chi connectivity index (χ0v) is 16.4. The monoisotopic (exact) mass is 490 g/mol. The Morgan fingerprint density at radius 3 is 1.17 bits per heavy atom. The van der Waals surface area contributed by atoms with E-state index in [1.54, 1.807) is 0 Å². The Bertz CT molecular complexity index is 1050. The van der Waals surface area contributed by atoms with Crippen LogP contribution in [-0.2, 0) is 37.3 Å². The molecule has 0 amide bonds. The van der Waals surface area contributed by atoms with Crippen LogP contribution in [0.1, 0.15) is 20.7 Å². The summed E-state index contributed by atoms with van der Waals surface area (Å²) in [5.74, 6) is -5.52. The topological polar surface area (TPSA) is 229 Å². The maximum atomic E-state index is 11.1. The van der Waals surface area contributed by atoms with E-state index in [1.807, 2.05) is 0 Å². The van der Waals surface area contributed by atoms with Crippen LogP contribution in [0.15, 0.2) is 46.2 Å². The Morgan fingerprint density at radius 2 is 0.966 bits per heavy atom. The molecule has 0 fully saturated rings. The molecular weight excluding hydrogens is 480 g/mol. The average Bonchev–Trinajstić information content (AvgIpc) is 2.53. The molecule has 0 saturated carbocycles. The number of hydrogen-bond donors (Lipinski definition) is 4. The van der Waals surface area contributed by atoms with Gasteiger partial charge in [-0.2, -0.15) is 16.8 Å². The summed E-state index contributed by atoms with van der Waals surface area (Å²) in [4.78, 5) is 19.0. The molecule has 15 heteroatoms.